The van der Waals surface area contributed by atoms with Crippen molar-refractivity contribution in [2.75, 3.05) is 56.3 Å². The number of anilines is 2. The number of hydrogen-bond donors (Lipinski definition) is 1. The maximum atomic E-state index is 11.9. The van der Waals surface area contributed by atoms with Gasteiger partial charge in [0.1, 0.15) is 24.5 Å². The third kappa shape index (κ3) is 5.62. The third-order valence-electron chi connectivity index (χ3n) is 5.27. The van der Waals surface area contributed by atoms with E-state index in [0.717, 1.165) is 62.6 Å². The summed E-state index contributed by atoms with van der Waals surface area (Å²) in [5.41, 5.74) is 4.93. The highest BCUT2D eigenvalue weighted by molar-refractivity contribution is 5.90. The number of hydrazine groups is 1. The van der Waals surface area contributed by atoms with Crippen LogP contribution in [0.2, 0.25) is 0 Å². The third-order valence-corrected chi connectivity index (χ3v) is 5.27. The summed E-state index contributed by atoms with van der Waals surface area (Å²) in [6.07, 6.45) is 7.75. The van der Waals surface area contributed by atoms with Gasteiger partial charge in [0.2, 0.25) is 0 Å². The normalized spacial score (nSPS) is 18.5. The molecule has 0 aromatic carbocycles. The number of methoxy groups -OCH3 is 1. The highest BCUT2D eigenvalue weighted by atomic mass is 35.5. The summed E-state index contributed by atoms with van der Waals surface area (Å²) in [6.45, 7) is 5.41. The van der Waals surface area contributed by atoms with E-state index in [1.807, 2.05) is 24.4 Å². The molecule has 4 heterocycles. The molecule has 1 fully saturated rings. The van der Waals surface area contributed by atoms with Crippen molar-refractivity contribution >= 4 is 48.3 Å². The van der Waals surface area contributed by atoms with Gasteiger partial charge in [-0.1, -0.05) is 6.07 Å². The van der Waals surface area contributed by atoms with E-state index in [0.29, 0.717) is 5.82 Å². The number of nitrogens with zero attached hydrogens (tertiary/aromatic N) is 6. The molecule has 1 saturated heterocycles. The molecule has 11 heteroatoms. The second-order valence-electron chi connectivity index (χ2n) is 6.98. The van der Waals surface area contributed by atoms with E-state index in [2.05, 4.69) is 30.2 Å². The van der Waals surface area contributed by atoms with E-state index in [1.54, 1.807) is 30.8 Å². The number of halogens is 2. The van der Waals surface area contributed by atoms with Crippen LogP contribution in [0.3, 0.4) is 0 Å². The lowest BCUT2D eigenvalue weighted by molar-refractivity contribution is -0.107. The number of pyridine rings is 1. The minimum absolute atomic E-state index is 0. The summed E-state index contributed by atoms with van der Waals surface area (Å²) in [4.78, 5) is 29.5. The van der Waals surface area contributed by atoms with Crippen molar-refractivity contribution in [3.8, 4) is 0 Å². The van der Waals surface area contributed by atoms with Crippen molar-refractivity contribution in [3.05, 3.63) is 48.7 Å². The number of rotatable bonds is 7. The van der Waals surface area contributed by atoms with Crippen molar-refractivity contribution < 1.29 is 9.53 Å². The zero-order valence-corrected chi connectivity index (χ0v) is 18.9. The molecule has 2 aliphatic rings. The molecule has 31 heavy (non-hydrogen) atoms. The molecule has 1 N–H and O–H groups in total. The smallest absolute Gasteiger partial charge is 0.153 e. The molecule has 0 amide bonds. The maximum Gasteiger partial charge on any atom is 0.153 e. The summed E-state index contributed by atoms with van der Waals surface area (Å²) in [6, 6.07) is 5.24. The predicted octanol–water partition coefficient (Wildman–Crippen LogP) is 1.42. The molecular formula is C20H27Cl2N7O2. The molecule has 2 aromatic heterocycles. The number of carbonyl (C=O) groups is 1. The Kier molecular flexibility index (Phi) is 9.44. The number of nitrogens with one attached hydrogen (secondary N) is 1. The molecule has 0 spiro atoms. The van der Waals surface area contributed by atoms with Crippen LogP contribution in [-0.4, -0.2) is 78.6 Å². The van der Waals surface area contributed by atoms with Crippen LogP contribution in [0.4, 0.5) is 11.6 Å². The summed E-state index contributed by atoms with van der Waals surface area (Å²) in [7, 11) is 1.73. The van der Waals surface area contributed by atoms with E-state index in [-0.39, 0.29) is 24.8 Å². The average Bonchev–Trinajstić information content (AvgIpc) is 3.23. The molecule has 0 aliphatic carbocycles. The Morgan fingerprint density at radius 2 is 1.97 bits per heavy atom. The Morgan fingerprint density at radius 1 is 1.19 bits per heavy atom. The van der Waals surface area contributed by atoms with Crippen LogP contribution in [0, 0.1) is 0 Å². The quantitative estimate of drug-likeness (QED) is 0.607. The first-order valence-electron chi connectivity index (χ1n) is 9.69. The molecule has 4 rings (SSSR count). The largest absolute Gasteiger partial charge is 0.383 e. The monoisotopic (exact) mass is 467 g/mol. The van der Waals surface area contributed by atoms with Gasteiger partial charge in [0.15, 0.2) is 5.82 Å². The van der Waals surface area contributed by atoms with Crippen molar-refractivity contribution in [2.45, 2.75) is 6.04 Å². The second kappa shape index (κ2) is 11.8. The number of hydrogen-bond acceptors (Lipinski definition) is 9. The first-order valence-corrected chi connectivity index (χ1v) is 9.69. The van der Waals surface area contributed by atoms with Gasteiger partial charge in [-0.15, -0.1) is 24.8 Å². The zero-order valence-electron chi connectivity index (χ0n) is 17.3. The maximum absolute atomic E-state index is 11.9. The van der Waals surface area contributed by atoms with Gasteiger partial charge in [-0.05, 0) is 6.07 Å². The predicted molar refractivity (Wildman–Crippen MR) is 125 cm³/mol. The van der Waals surface area contributed by atoms with Gasteiger partial charge in [0, 0.05) is 75.6 Å². The topological polar surface area (TPSA) is 86.7 Å². The SMILES string of the molecule is COCCN1CCN(c2cc(N3NC=C(c4cccnc4)C3C=O)ncn2)CC1.Cl.Cl. The standard InChI is InChI=1S/C20H25N7O2.2ClH/c1-29-10-9-25-5-7-26(8-6-25)19-11-20(23-15-22-19)27-18(14-28)17(13-24-27)16-3-2-4-21-12-16;;/h2-4,11-15,18,24H,5-10H2,1H3;2*1H. The van der Waals surface area contributed by atoms with E-state index < -0.39 is 6.04 Å². The van der Waals surface area contributed by atoms with E-state index in [4.69, 9.17) is 4.74 Å². The Morgan fingerprint density at radius 3 is 2.65 bits per heavy atom. The molecule has 2 aromatic rings. The minimum atomic E-state index is -0.479. The molecule has 0 bridgehead atoms. The number of aldehydes is 1. The highest BCUT2D eigenvalue weighted by Crippen LogP contribution is 2.28. The first kappa shape index (κ1) is 24.8. The van der Waals surface area contributed by atoms with Crippen molar-refractivity contribution in [1.82, 2.24) is 25.3 Å². The van der Waals surface area contributed by atoms with Crippen molar-refractivity contribution in [3.63, 3.8) is 0 Å². The van der Waals surface area contributed by atoms with Gasteiger partial charge < -0.3 is 19.9 Å². The fourth-order valence-electron chi connectivity index (χ4n) is 3.64. The van der Waals surface area contributed by atoms with Gasteiger partial charge in [-0.3, -0.25) is 14.9 Å². The minimum Gasteiger partial charge on any atom is -0.383 e. The molecule has 0 saturated carbocycles. The van der Waals surface area contributed by atoms with Crippen LogP contribution in [0.15, 0.2) is 43.1 Å². The van der Waals surface area contributed by atoms with Crippen molar-refractivity contribution in [1.29, 1.82) is 0 Å². The highest BCUT2D eigenvalue weighted by Gasteiger charge is 2.30. The van der Waals surface area contributed by atoms with Gasteiger partial charge in [0.05, 0.1) is 6.61 Å². The molecule has 2 aliphatic heterocycles. The lowest BCUT2D eigenvalue weighted by Crippen LogP contribution is -2.47. The summed E-state index contributed by atoms with van der Waals surface area (Å²) in [5, 5.41) is 1.76. The Bertz CT molecular complexity index is 864. The van der Waals surface area contributed by atoms with Crippen LogP contribution >= 0.6 is 24.8 Å². The van der Waals surface area contributed by atoms with Gasteiger partial charge in [-0.25, -0.2) is 9.97 Å². The molecule has 0 radical (unpaired) electrons. The number of piperazine rings is 1. The van der Waals surface area contributed by atoms with Crippen LogP contribution in [0.5, 0.6) is 0 Å². The Hall–Kier alpha value is -2.46. The molecular weight excluding hydrogens is 441 g/mol. The molecule has 168 valence electrons. The number of carbonyl (C=O) groups excluding carboxylic acids is 1. The molecule has 9 nitrogen and oxygen atoms in total. The van der Waals surface area contributed by atoms with E-state index in [1.165, 1.54) is 0 Å². The van der Waals surface area contributed by atoms with Gasteiger partial charge in [-0.2, -0.15) is 0 Å². The summed E-state index contributed by atoms with van der Waals surface area (Å²) >= 11 is 0. The average molecular weight is 468 g/mol. The lowest BCUT2D eigenvalue weighted by Gasteiger charge is -2.35. The molecule has 1 unspecified atom stereocenters. The number of ether oxygens (including phenoxy) is 1. The van der Waals surface area contributed by atoms with Crippen LogP contribution in [0.1, 0.15) is 5.56 Å². The van der Waals surface area contributed by atoms with E-state index >= 15 is 0 Å². The van der Waals surface area contributed by atoms with Gasteiger partial charge >= 0.3 is 0 Å². The summed E-state index contributed by atoms with van der Waals surface area (Å²) in [5.74, 6) is 1.52. The van der Waals surface area contributed by atoms with Crippen LogP contribution in [0.25, 0.3) is 5.57 Å². The number of aromatic nitrogens is 3. The second-order valence-corrected chi connectivity index (χ2v) is 6.98. The zero-order chi connectivity index (χ0) is 20.1. The summed E-state index contributed by atoms with van der Waals surface area (Å²) < 4.78 is 5.16. The van der Waals surface area contributed by atoms with Crippen LogP contribution < -0.4 is 15.3 Å². The van der Waals surface area contributed by atoms with Crippen molar-refractivity contribution in [2.24, 2.45) is 0 Å². The fraction of sp³-hybridized carbons (Fsp3) is 0.400. The fourth-order valence-corrected chi connectivity index (χ4v) is 3.64. The van der Waals surface area contributed by atoms with Gasteiger partial charge in [0.25, 0.3) is 0 Å². The first-order chi connectivity index (χ1) is 14.3. The Labute approximate surface area is 194 Å². The molecule has 1 atom stereocenters. The van der Waals surface area contributed by atoms with Crippen LogP contribution in [-0.2, 0) is 9.53 Å². The van der Waals surface area contributed by atoms with E-state index in [9.17, 15) is 4.79 Å². The Balaban J connectivity index is 0.00000171. The lowest BCUT2D eigenvalue weighted by atomic mass is 10.0.